The molecule has 0 aliphatic heterocycles. The van der Waals surface area contributed by atoms with Crippen molar-refractivity contribution in [1.82, 2.24) is 40.4 Å². The van der Waals surface area contributed by atoms with Crippen LogP contribution in [-0.2, 0) is 17.8 Å². The highest BCUT2D eigenvalue weighted by Gasteiger charge is 2.25. The number of halogens is 2. The highest BCUT2D eigenvalue weighted by Crippen LogP contribution is 2.34. The van der Waals surface area contributed by atoms with Gasteiger partial charge in [-0.3, -0.25) is 0 Å². The zero-order chi connectivity index (χ0) is 20.1. The standard InChI is InChI=1S/C18H16Cl2N8O/c19-15-7-3-1-5-13(15)17(9-27-23-11-21-25-27)29-18(10-28-24-12-22-26-28)14-6-2-4-8-16(14)20/h1-8,11-12,17-18H,9-10H2/t17-,18-/m1/s1. The van der Waals surface area contributed by atoms with Crippen LogP contribution in [0.5, 0.6) is 0 Å². The van der Waals surface area contributed by atoms with E-state index in [1.54, 1.807) is 0 Å². The maximum Gasteiger partial charge on any atom is 0.162 e. The van der Waals surface area contributed by atoms with E-state index < -0.39 is 12.2 Å². The lowest BCUT2D eigenvalue weighted by Crippen LogP contribution is -2.22. The summed E-state index contributed by atoms with van der Waals surface area (Å²) < 4.78 is 6.50. The second-order valence-corrected chi connectivity index (χ2v) is 6.95. The van der Waals surface area contributed by atoms with Crippen molar-refractivity contribution in [1.29, 1.82) is 0 Å². The van der Waals surface area contributed by atoms with Crippen LogP contribution in [0.15, 0.2) is 61.2 Å². The Balaban J connectivity index is 1.69. The largest absolute Gasteiger partial charge is 0.361 e. The van der Waals surface area contributed by atoms with E-state index in [9.17, 15) is 0 Å². The zero-order valence-corrected chi connectivity index (χ0v) is 16.6. The van der Waals surface area contributed by atoms with Crippen molar-refractivity contribution in [3.63, 3.8) is 0 Å². The van der Waals surface area contributed by atoms with Crippen LogP contribution in [0.4, 0.5) is 0 Å². The third-order valence-corrected chi connectivity index (χ3v) is 4.96. The minimum absolute atomic E-state index is 0.315. The van der Waals surface area contributed by atoms with Gasteiger partial charge in [0.05, 0.1) is 13.1 Å². The molecule has 2 aromatic heterocycles. The van der Waals surface area contributed by atoms with Crippen molar-refractivity contribution in [3.8, 4) is 0 Å². The number of rotatable bonds is 8. The molecule has 4 aromatic rings. The average molecular weight is 431 g/mol. The van der Waals surface area contributed by atoms with Crippen molar-refractivity contribution in [2.45, 2.75) is 25.3 Å². The van der Waals surface area contributed by atoms with E-state index in [2.05, 4.69) is 30.8 Å². The number of tetrazole rings is 2. The summed E-state index contributed by atoms with van der Waals surface area (Å²) in [6, 6.07) is 15.0. The summed E-state index contributed by atoms with van der Waals surface area (Å²) in [6.07, 6.45) is 1.80. The summed E-state index contributed by atoms with van der Waals surface area (Å²) in [5.41, 5.74) is 1.60. The molecule has 2 atom stereocenters. The monoisotopic (exact) mass is 430 g/mol. The summed E-state index contributed by atoms with van der Waals surface area (Å²) in [4.78, 5) is 2.90. The molecule has 0 fully saturated rings. The van der Waals surface area contributed by atoms with Gasteiger partial charge in [0.15, 0.2) is 12.7 Å². The lowest BCUT2D eigenvalue weighted by Gasteiger charge is -2.26. The van der Waals surface area contributed by atoms with Crippen LogP contribution in [0.1, 0.15) is 23.3 Å². The molecule has 0 saturated carbocycles. The maximum atomic E-state index is 6.50. The lowest BCUT2D eigenvalue weighted by molar-refractivity contribution is -0.0395. The highest BCUT2D eigenvalue weighted by atomic mass is 35.5. The second kappa shape index (κ2) is 9.08. The molecule has 0 saturated heterocycles. The summed E-state index contributed by atoms with van der Waals surface area (Å²) in [5, 5.41) is 24.8. The van der Waals surface area contributed by atoms with Crippen LogP contribution < -0.4 is 0 Å². The number of hydrogen-bond donors (Lipinski definition) is 0. The summed E-state index contributed by atoms with van der Waals surface area (Å²) in [6.45, 7) is 0.630. The smallest absolute Gasteiger partial charge is 0.162 e. The van der Waals surface area contributed by atoms with Crippen molar-refractivity contribution in [2.24, 2.45) is 0 Å². The summed E-state index contributed by atoms with van der Waals surface area (Å²) >= 11 is 12.9. The lowest BCUT2D eigenvalue weighted by atomic mass is 10.1. The first kappa shape index (κ1) is 19.4. The topological polar surface area (TPSA) is 96.4 Å². The fourth-order valence-electron chi connectivity index (χ4n) is 2.94. The van der Waals surface area contributed by atoms with Crippen LogP contribution in [0.3, 0.4) is 0 Å². The summed E-state index contributed by atoms with van der Waals surface area (Å²) in [7, 11) is 0. The van der Waals surface area contributed by atoms with Gasteiger partial charge in [0, 0.05) is 21.2 Å². The van der Waals surface area contributed by atoms with Gasteiger partial charge in [-0.05, 0) is 22.6 Å². The summed E-state index contributed by atoms with van der Waals surface area (Å²) in [5.74, 6) is 0. The van der Waals surface area contributed by atoms with E-state index in [1.807, 2.05) is 48.5 Å². The number of ether oxygens (including phenoxy) is 1. The molecular formula is C18H16Cl2N8O. The van der Waals surface area contributed by atoms with Crippen LogP contribution >= 0.6 is 23.2 Å². The SMILES string of the molecule is Clc1ccccc1[C@@H](Cn1ncnn1)O[C@H](Cn1ncnn1)c1ccccc1Cl. The van der Waals surface area contributed by atoms with E-state index in [0.717, 1.165) is 11.1 Å². The predicted octanol–water partition coefficient (Wildman–Crippen LogP) is 3.17. The van der Waals surface area contributed by atoms with Gasteiger partial charge in [0.25, 0.3) is 0 Å². The average Bonchev–Trinajstić information content (AvgIpc) is 3.42. The normalized spacial score (nSPS) is 13.3. The first-order valence-electron chi connectivity index (χ1n) is 8.76. The Hall–Kier alpha value is -2.88. The Morgan fingerprint density at radius 2 is 1.17 bits per heavy atom. The molecule has 9 nitrogen and oxygen atoms in total. The molecule has 0 aliphatic carbocycles. The van der Waals surface area contributed by atoms with E-state index in [0.29, 0.717) is 23.1 Å². The van der Waals surface area contributed by atoms with Crippen molar-refractivity contribution >= 4 is 23.2 Å². The molecule has 0 radical (unpaired) electrons. The minimum atomic E-state index is -0.470. The molecular weight excluding hydrogens is 415 g/mol. The molecule has 29 heavy (non-hydrogen) atoms. The molecule has 4 rings (SSSR count). The van der Waals surface area contributed by atoms with E-state index in [-0.39, 0.29) is 0 Å². The Morgan fingerprint density at radius 1 is 0.724 bits per heavy atom. The molecule has 148 valence electrons. The third kappa shape index (κ3) is 4.76. The maximum absolute atomic E-state index is 6.50. The van der Waals surface area contributed by atoms with Gasteiger partial charge in [-0.1, -0.05) is 59.6 Å². The van der Waals surface area contributed by atoms with Gasteiger partial charge in [0.2, 0.25) is 0 Å². The molecule has 0 unspecified atom stereocenters. The Kier molecular flexibility index (Phi) is 6.09. The molecule has 0 N–H and O–H groups in total. The Morgan fingerprint density at radius 3 is 1.55 bits per heavy atom. The number of nitrogens with zero attached hydrogens (tertiary/aromatic N) is 8. The number of benzene rings is 2. The quantitative estimate of drug-likeness (QED) is 0.423. The van der Waals surface area contributed by atoms with Gasteiger partial charge < -0.3 is 4.74 Å². The van der Waals surface area contributed by atoms with Crippen LogP contribution in [0.25, 0.3) is 0 Å². The number of aromatic nitrogens is 8. The molecule has 0 amide bonds. The van der Waals surface area contributed by atoms with Crippen LogP contribution in [0.2, 0.25) is 10.0 Å². The third-order valence-electron chi connectivity index (χ3n) is 4.27. The fourth-order valence-corrected chi connectivity index (χ4v) is 3.46. The van der Waals surface area contributed by atoms with Crippen molar-refractivity contribution in [3.05, 3.63) is 82.4 Å². The number of hydrogen-bond acceptors (Lipinski definition) is 7. The van der Waals surface area contributed by atoms with Crippen LogP contribution in [0, 0.1) is 0 Å². The van der Waals surface area contributed by atoms with Gasteiger partial charge >= 0.3 is 0 Å². The van der Waals surface area contributed by atoms with Gasteiger partial charge in [-0.2, -0.15) is 9.59 Å². The predicted molar refractivity (Wildman–Crippen MR) is 105 cm³/mol. The van der Waals surface area contributed by atoms with Crippen molar-refractivity contribution in [2.75, 3.05) is 0 Å². The fraction of sp³-hybridized carbons (Fsp3) is 0.222. The molecule has 0 aliphatic rings. The van der Waals surface area contributed by atoms with Crippen molar-refractivity contribution < 1.29 is 4.74 Å². The molecule has 2 aromatic carbocycles. The molecule has 0 spiro atoms. The molecule has 11 heteroatoms. The van der Waals surface area contributed by atoms with E-state index in [1.165, 1.54) is 22.2 Å². The highest BCUT2D eigenvalue weighted by molar-refractivity contribution is 6.31. The second-order valence-electron chi connectivity index (χ2n) is 6.14. The van der Waals surface area contributed by atoms with E-state index in [4.69, 9.17) is 27.9 Å². The van der Waals surface area contributed by atoms with E-state index >= 15 is 0 Å². The minimum Gasteiger partial charge on any atom is -0.361 e. The first-order valence-corrected chi connectivity index (χ1v) is 9.52. The molecule has 2 heterocycles. The van der Waals surface area contributed by atoms with Gasteiger partial charge in [0.1, 0.15) is 12.2 Å². The van der Waals surface area contributed by atoms with Crippen LogP contribution in [-0.4, -0.2) is 40.4 Å². The first-order chi connectivity index (χ1) is 14.2. The zero-order valence-electron chi connectivity index (χ0n) is 15.1. The van der Waals surface area contributed by atoms with Gasteiger partial charge in [-0.15, -0.1) is 20.4 Å². The Labute approximate surface area is 176 Å². The van der Waals surface area contributed by atoms with Gasteiger partial charge in [-0.25, -0.2) is 0 Å². The molecule has 0 bridgehead atoms. The Bertz CT molecular complexity index is 958.